The molecule has 474 valence electrons. The lowest BCUT2D eigenvalue weighted by Crippen LogP contribution is -2.33. The molecule has 0 amide bonds. The summed E-state index contributed by atoms with van der Waals surface area (Å²) in [7, 11) is 9.14. The van der Waals surface area contributed by atoms with Crippen LogP contribution in [0.4, 0.5) is 22.7 Å². The number of rotatable bonds is 16. The van der Waals surface area contributed by atoms with Gasteiger partial charge in [-0.15, -0.1) is 13.2 Å². The van der Waals surface area contributed by atoms with Crippen LogP contribution in [-0.4, -0.2) is 48.8 Å². The first-order chi connectivity index (χ1) is 46.4. The minimum absolute atomic E-state index is 0.0303. The van der Waals surface area contributed by atoms with Crippen LogP contribution in [0.1, 0.15) is 110 Å². The Kier molecular flexibility index (Phi) is 15.5. The number of allylic oxidation sites excluding steroid dienone is 10. The SMILES string of the molecule is C=C(C)CC1(C)/C(=C\C=C\C2=[N+](C)c3cc(C(Cc4ccccc4)c4cc5c(c6ccccc46)C(C)(Cc4ccccc4)C(/C=C/C=C4/N(C)c6ccc7ccccc7c6C4(C)CC(=C)C)=[N+]5C)c4ccccc4c3C2(C)Cc2ccccc2)N(C)c2ccc3ccccc3c21. The monoisotopic (exact) mass is 1250 g/mol. The minimum atomic E-state index is -0.397. The van der Waals surface area contributed by atoms with Crippen LogP contribution in [0, 0.1) is 0 Å². The van der Waals surface area contributed by atoms with Gasteiger partial charge in [0, 0.05) is 89.0 Å². The Bertz CT molecular complexity index is 4900. The van der Waals surface area contributed by atoms with Crippen molar-refractivity contribution < 1.29 is 9.15 Å². The van der Waals surface area contributed by atoms with Gasteiger partial charge in [0.25, 0.3) is 0 Å². The zero-order chi connectivity index (χ0) is 66.4. The van der Waals surface area contributed by atoms with Crippen LogP contribution in [0.5, 0.6) is 0 Å². The van der Waals surface area contributed by atoms with Gasteiger partial charge in [0.15, 0.2) is 11.4 Å². The van der Waals surface area contributed by atoms with Crippen LogP contribution in [0.2, 0.25) is 0 Å². The summed E-state index contributed by atoms with van der Waals surface area (Å²) in [6.45, 7) is 23.2. The molecule has 11 aromatic carbocycles. The van der Waals surface area contributed by atoms with Crippen molar-refractivity contribution in [3.05, 3.63) is 347 Å². The van der Waals surface area contributed by atoms with Gasteiger partial charge in [-0.25, -0.2) is 0 Å². The van der Waals surface area contributed by atoms with E-state index in [-0.39, 0.29) is 16.7 Å². The Morgan fingerprint density at radius 1 is 0.406 bits per heavy atom. The fourth-order valence-electron chi connectivity index (χ4n) is 18.6. The highest BCUT2D eigenvalue weighted by atomic mass is 15.2. The molecule has 4 heterocycles. The molecule has 96 heavy (non-hydrogen) atoms. The van der Waals surface area contributed by atoms with Gasteiger partial charge in [0.2, 0.25) is 11.4 Å². The van der Waals surface area contributed by atoms with Crippen LogP contribution in [0.25, 0.3) is 43.1 Å². The van der Waals surface area contributed by atoms with Gasteiger partial charge in [-0.1, -0.05) is 223 Å². The molecule has 0 saturated carbocycles. The summed E-state index contributed by atoms with van der Waals surface area (Å²) in [5.41, 5.74) is 23.3. The van der Waals surface area contributed by atoms with E-state index >= 15 is 0 Å². The Morgan fingerprint density at radius 3 is 1.14 bits per heavy atom. The molecule has 0 spiro atoms. The Hall–Kier alpha value is -10.2. The van der Waals surface area contributed by atoms with E-state index < -0.39 is 10.8 Å². The number of likely N-dealkylation sites (N-methyl/N-ethyl adjacent to an activating group) is 2. The third kappa shape index (κ3) is 10.0. The molecule has 4 aliphatic rings. The number of fused-ring (bicyclic) bond motifs is 12. The molecule has 0 fully saturated rings. The maximum absolute atomic E-state index is 4.51. The predicted molar refractivity (Wildman–Crippen MR) is 409 cm³/mol. The van der Waals surface area contributed by atoms with Gasteiger partial charge in [-0.05, 0) is 180 Å². The Labute approximate surface area is 568 Å². The maximum atomic E-state index is 4.51. The third-order valence-electron chi connectivity index (χ3n) is 22.4. The first-order valence-electron chi connectivity index (χ1n) is 34.5. The molecular weight excluding hydrogens is 1160 g/mol. The average molecular weight is 1250 g/mol. The summed E-state index contributed by atoms with van der Waals surface area (Å²) in [4.78, 5) is 4.86. The van der Waals surface area contributed by atoms with Gasteiger partial charge < -0.3 is 9.80 Å². The van der Waals surface area contributed by atoms with Crippen molar-refractivity contribution in [2.45, 2.75) is 101 Å². The highest BCUT2D eigenvalue weighted by Gasteiger charge is 2.52. The van der Waals surface area contributed by atoms with Crippen LogP contribution < -0.4 is 9.80 Å². The molecule has 4 aliphatic heterocycles. The summed E-state index contributed by atoms with van der Waals surface area (Å²) in [5, 5.41) is 10.4. The van der Waals surface area contributed by atoms with Gasteiger partial charge in [-0.2, -0.15) is 9.15 Å². The summed E-state index contributed by atoms with van der Waals surface area (Å²) in [6, 6.07) is 84.4. The highest BCUT2D eigenvalue weighted by Crippen LogP contribution is 2.57. The molecule has 4 atom stereocenters. The molecule has 0 aliphatic carbocycles. The smallest absolute Gasteiger partial charge is 0.210 e. The van der Waals surface area contributed by atoms with E-state index in [0.29, 0.717) is 0 Å². The van der Waals surface area contributed by atoms with E-state index in [0.717, 1.165) is 32.1 Å². The highest BCUT2D eigenvalue weighted by molar-refractivity contribution is 6.11. The van der Waals surface area contributed by atoms with Gasteiger partial charge in [0.1, 0.15) is 14.1 Å². The number of hydrogen-bond donors (Lipinski definition) is 0. The van der Waals surface area contributed by atoms with Crippen molar-refractivity contribution >= 4 is 77.3 Å². The summed E-state index contributed by atoms with van der Waals surface area (Å²) in [6.07, 6.45) is 18.6. The van der Waals surface area contributed by atoms with Crippen molar-refractivity contribution in [2.24, 2.45) is 0 Å². The molecular formula is C92H88N4+2. The van der Waals surface area contributed by atoms with Gasteiger partial charge in [-0.3, -0.25) is 0 Å². The maximum Gasteiger partial charge on any atom is 0.210 e. The third-order valence-corrected chi connectivity index (χ3v) is 22.4. The van der Waals surface area contributed by atoms with E-state index in [1.165, 1.54) is 150 Å². The molecule has 0 radical (unpaired) electrons. The Balaban J connectivity index is 0.911. The molecule has 15 rings (SSSR count). The first kappa shape index (κ1) is 62.0. The number of hydrogen-bond acceptors (Lipinski definition) is 2. The van der Waals surface area contributed by atoms with E-state index in [1.807, 2.05) is 0 Å². The van der Waals surface area contributed by atoms with E-state index in [4.69, 9.17) is 0 Å². The van der Waals surface area contributed by atoms with Crippen LogP contribution >= 0.6 is 0 Å². The van der Waals surface area contributed by atoms with Gasteiger partial charge in [0.05, 0.1) is 10.8 Å². The second kappa shape index (κ2) is 23.9. The zero-order valence-corrected chi connectivity index (χ0v) is 57.6. The lowest BCUT2D eigenvalue weighted by Gasteiger charge is -2.29. The molecule has 4 nitrogen and oxygen atoms in total. The summed E-state index contributed by atoms with van der Waals surface area (Å²) in [5.74, 6) is -0.0303. The van der Waals surface area contributed by atoms with Crippen molar-refractivity contribution in [3.8, 4) is 0 Å². The van der Waals surface area contributed by atoms with E-state index in [1.54, 1.807) is 0 Å². The molecule has 0 aromatic heterocycles. The van der Waals surface area contributed by atoms with Crippen molar-refractivity contribution in [3.63, 3.8) is 0 Å². The topological polar surface area (TPSA) is 12.5 Å². The fraction of sp³-hybridized carbons (Fsp3) is 0.217. The molecule has 4 heteroatoms. The lowest BCUT2D eigenvalue weighted by molar-refractivity contribution is -0.401. The number of nitrogens with zero attached hydrogens (tertiary/aromatic N) is 4. The van der Waals surface area contributed by atoms with Crippen LogP contribution in [-0.2, 0) is 40.9 Å². The molecule has 4 unspecified atom stereocenters. The van der Waals surface area contributed by atoms with Crippen LogP contribution in [0.15, 0.2) is 297 Å². The average Bonchev–Trinajstić information content (AvgIpc) is 1.53. The van der Waals surface area contributed by atoms with Crippen LogP contribution in [0.3, 0.4) is 0 Å². The van der Waals surface area contributed by atoms with Gasteiger partial charge >= 0.3 is 0 Å². The molecule has 11 aromatic rings. The predicted octanol–water partition coefficient (Wildman–Crippen LogP) is 21.8. The lowest BCUT2D eigenvalue weighted by atomic mass is 9.70. The van der Waals surface area contributed by atoms with Crippen molar-refractivity contribution in [2.75, 3.05) is 38.0 Å². The molecule has 0 saturated heterocycles. The zero-order valence-electron chi connectivity index (χ0n) is 57.6. The summed E-state index contributed by atoms with van der Waals surface area (Å²) >= 11 is 0. The first-order valence-corrected chi connectivity index (χ1v) is 34.5. The second-order valence-corrected chi connectivity index (χ2v) is 29.2. The Morgan fingerprint density at radius 2 is 0.750 bits per heavy atom. The van der Waals surface area contributed by atoms with Crippen molar-refractivity contribution in [1.29, 1.82) is 0 Å². The standard InChI is InChI=1S/C92H88N4/c1-61(2)57-89(5)81(93(9)77-52-50-66-38-22-24-40-68(66)85(77)89)46-30-48-83-91(7,59-64-34-18-14-19-35-64)87-72-44-28-26-42-70(72)75(55-79(87)95(83)11)74(54-63-32-16-13-17-33-63)76-56-80-88(73-45-29-27-43-71(73)76)92(8,60-65-36-20-15-21-37-65)84(96(80)12)49-31-47-82-90(6,58-62(3)4)86-69-41-25-23-39-67(69)51-53-78(86)94(82)10/h13-53,55-56,74H,1,3,54,57-60H2,2,4-12H3/q+2. The molecule has 0 bridgehead atoms. The normalized spacial score (nSPS) is 21.7. The van der Waals surface area contributed by atoms with E-state index in [2.05, 4.69) is 363 Å². The second-order valence-electron chi connectivity index (χ2n) is 29.2. The quantitative estimate of drug-likeness (QED) is 0.0706. The van der Waals surface area contributed by atoms with Crippen molar-refractivity contribution in [1.82, 2.24) is 0 Å². The molecule has 0 N–H and O–H groups in total. The summed E-state index contributed by atoms with van der Waals surface area (Å²) < 4.78 is 5.07. The largest absolute Gasteiger partial charge is 0.347 e. The fourth-order valence-corrected chi connectivity index (χ4v) is 18.6. The minimum Gasteiger partial charge on any atom is -0.347 e. The number of anilines is 2. The number of benzene rings is 11. The van der Waals surface area contributed by atoms with E-state index in [9.17, 15) is 0 Å².